The third kappa shape index (κ3) is 4.62. The number of ketones is 1. The molecule has 2 amide bonds. The van der Waals surface area contributed by atoms with E-state index in [0.717, 1.165) is 0 Å². The van der Waals surface area contributed by atoms with Gasteiger partial charge >= 0.3 is 0 Å². The van der Waals surface area contributed by atoms with Crippen molar-refractivity contribution in [3.05, 3.63) is 92.9 Å². The summed E-state index contributed by atoms with van der Waals surface area (Å²) >= 11 is 0. The van der Waals surface area contributed by atoms with Gasteiger partial charge < -0.3 is 15.6 Å². The number of nitrogens with one attached hydrogen (secondary N) is 3. The summed E-state index contributed by atoms with van der Waals surface area (Å²) in [5, 5.41) is 5.54. The fourth-order valence-electron chi connectivity index (χ4n) is 4.12. The number of carbonyl (C=O) groups excluding carboxylic acids is 3. The Bertz CT molecular complexity index is 1320. The topological polar surface area (TPSA) is 108 Å². The average Bonchev–Trinajstić information content (AvgIpc) is 2.74. The number of aromatic amines is 1. The van der Waals surface area contributed by atoms with Gasteiger partial charge in [-0.3, -0.25) is 19.2 Å². The molecule has 0 atom stereocenters. The third-order valence-corrected chi connectivity index (χ3v) is 5.82. The van der Waals surface area contributed by atoms with Gasteiger partial charge in [-0.2, -0.15) is 0 Å². The predicted molar refractivity (Wildman–Crippen MR) is 127 cm³/mol. The fraction of sp³-hybridized carbons (Fsp3) is 0.231. The molecule has 0 unspecified atom stereocenters. The first-order chi connectivity index (χ1) is 15.6. The van der Waals surface area contributed by atoms with Gasteiger partial charge in [-0.15, -0.1) is 0 Å². The molecule has 1 aliphatic carbocycles. The normalized spacial score (nSPS) is 14.3. The number of pyridine rings is 1. The summed E-state index contributed by atoms with van der Waals surface area (Å²) in [5.41, 5.74) is 2.04. The predicted octanol–water partition coefficient (Wildman–Crippen LogP) is 4.34. The van der Waals surface area contributed by atoms with Crippen LogP contribution in [0.1, 0.15) is 62.6 Å². The molecule has 0 radical (unpaired) electrons. The standard InChI is InChI=1S/C26H25N3O4/c1-15-17(23(31)27-16-8-5-4-6-9-16)10-7-11-20(15)28-24(32)19-12-18-21(29-25(19)33)13-26(2,3)14-22(18)30/h4-12H,13-14H2,1-3H3,(H,27,31)(H,28,32)(H,29,33). The summed E-state index contributed by atoms with van der Waals surface area (Å²) in [6.45, 7) is 5.66. The van der Waals surface area contributed by atoms with E-state index in [9.17, 15) is 19.2 Å². The molecule has 0 bridgehead atoms. The molecule has 0 fully saturated rings. The average molecular weight is 444 g/mol. The van der Waals surface area contributed by atoms with E-state index in [-0.39, 0.29) is 22.7 Å². The number of H-pyrrole nitrogens is 1. The highest BCUT2D eigenvalue weighted by Gasteiger charge is 2.32. The van der Waals surface area contributed by atoms with Crippen LogP contribution >= 0.6 is 0 Å². The SMILES string of the molecule is Cc1c(NC(=O)c2cc3c([nH]c2=O)CC(C)(C)CC3=O)cccc1C(=O)Nc1ccccc1. The molecule has 0 saturated carbocycles. The summed E-state index contributed by atoms with van der Waals surface area (Å²) in [7, 11) is 0. The summed E-state index contributed by atoms with van der Waals surface area (Å²) in [6.07, 6.45) is 0.910. The number of carbonyl (C=O) groups is 3. The van der Waals surface area contributed by atoms with Crippen LogP contribution in [-0.4, -0.2) is 22.6 Å². The third-order valence-electron chi connectivity index (χ3n) is 5.82. The first kappa shape index (κ1) is 22.2. The summed E-state index contributed by atoms with van der Waals surface area (Å²) in [5.74, 6) is -1.04. The Balaban J connectivity index is 1.59. The van der Waals surface area contributed by atoms with E-state index in [1.165, 1.54) is 6.07 Å². The number of rotatable bonds is 4. The highest BCUT2D eigenvalue weighted by Crippen LogP contribution is 2.33. The molecule has 168 valence electrons. The zero-order valence-electron chi connectivity index (χ0n) is 18.7. The maximum absolute atomic E-state index is 12.9. The highest BCUT2D eigenvalue weighted by atomic mass is 16.2. The van der Waals surface area contributed by atoms with Gasteiger partial charge in [-0.25, -0.2) is 0 Å². The number of aromatic nitrogens is 1. The van der Waals surface area contributed by atoms with Gasteiger partial charge in [0.25, 0.3) is 17.4 Å². The monoisotopic (exact) mass is 443 g/mol. The molecular weight excluding hydrogens is 418 g/mol. The number of amides is 2. The van der Waals surface area contributed by atoms with Crippen LogP contribution in [0.4, 0.5) is 11.4 Å². The maximum Gasteiger partial charge on any atom is 0.261 e. The van der Waals surface area contributed by atoms with Crippen molar-refractivity contribution in [1.82, 2.24) is 4.98 Å². The second-order valence-corrected chi connectivity index (χ2v) is 9.10. The van der Waals surface area contributed by atoms with Gasteiger partial charge in [0, 0.05) is 34.6 Å². The first-order valence-electron chi connectivity index (χ1n) is 10.7. The van der Waals surface area contributed by atoms with Gasteiger partial charge in [-0.05, 0) is 54.7 Å². The molecule has 1 aromatic heterocycles. The molecule has 0 saturated heterocycles. The Labute approximate surface area is 191 Å². The molecule has 3 aromatic rings. The van der Waals surface area contributed by atoms with E-state index in [4.69, 9.17) is 0 Å². The number of Topliss-reactive ketones (excluding diaryl/α,β-unsaturated/α-hetero) is 1. The van der Waals surface area contributed by atoms with Crippen LogP contribution in [0.5, 0.6) is 0 Å². The van der Waals surface area contributed by atoms with Gasteiger partial charge in [0.15, 0.2) is 5.78 Å². The van der Waals surface area contributed by atoms with Crippen LogP contribution in [0.3, 0.4) is 0 Å². The Hall–Kier alpha value is -4.00. The van der Waals surface area contributed by atoms with Crippen LogP contribution < -0.4 is 16.2 Å². The fourth-order valence-corrected chi connectivity index (χ4v) is 4.12. The minimum atomic E-state index is -0.639. The molecule has 3 N–H and O–H groups in total. The van der Waals surface area contributed by atoms with Gasteiger partial charge in [-0.1, -0.05) is 38.1 Å². The van der Waals surface area contributed by atoms with Crippen LogP contribution in [-0.2, 0) is 6.42 Å². The number of hydrogen-bond acceptors (Lipinski definition) is 4. The van der Waals surface area contributed by atoms with Crippen molar-refractivity contribution in [3.8, 4) is 0 Å². The van der Waals surface area contributed by atoms with Crippen LogP contribution in [0.2, 0.25) is 0 Å². The van der Waals surface area contributed by atoms with E-state index in [1.807, 2.05) is 32.0 Å². The molecule has 1 aliphatic rings. The summed E-state index contributed by atoms with van der Waals surface area (Å²) in [6, 6.07) is 15.4. The van der Waals surface area contributed by atoms with Gasteiger partial charge in [0.05, 0.1) is 0 Å². The molecule has 1 heterocycles. The number of hydrogen-bond donors (Lipinski definition) is 3. The summed E-state index contributed by atoms with van der Waals surface area (Å²) < 4.78 is 0. The zero-order valence-corrected chi connectivity index (χ0v) is 18.7. The van der Waals surface area contributed by atoms with Crippen LogP contribution in [0.25, 0.3) is 0 Å². The van der Waals surface area contributed by atoms with E-state index < -0.39 is 11.5 Å². The van der Waals surface area contributed by atoms with Crippen molar-refractivity contribution < 1.29 is 14.4 Å². The molecule has 33 heavy (non-hydrogen) atoms. The van der Waals surface area contributed by atoms with Crippen molar-refractivity contribution in [2.24, 2.45) is 5.41 Å². The van der Waals surface area contributed by atoms with Crippen molar-refractivity contribution in [1.29, 1.82) is 0 Å². The summed E-state index contributed by atoms with van der Waals surface area (Å²) in [4.78, 5) is 53.6. The smallest absolute Gasteiger partial charge is 0.261 e. The van der Waals surface area contributed by atoms with E-state index in [1.54, 1.807) is 37.3 Å². The lowest BCUT2D eigenvalue weighted by Crippen LogP contribution is -2.33. The minimum Gasteiger partial charge on any atom is -0.325 e. The van der Waals surface area contributed by atoms with Crippen molar-refractivity contribution in [2.45, 2.75) is 33.6 Å². The Morgan fingerprint density at radius 1 is 0.879 bits per heavy atom. The molecule has 2 aromatic carbocycles. The molecule has 7 heteroatoms. The van der Waals surface area contributed by atoms with E-state index in [0.29, 0.717) is 46.6 Å². The first-order valence-corrected chi connectivity index (χ1v) is 10.7. The van der Waals surface area contributed by atoms with Gasteiger partial charge in [0.2, 0.25) is 0 Å². The Morgan fingerprint density at radius 3 is 2.30 bits per heavy atom. The number of benzene rings is 2. The Kier molecular flexibility index (Phi) is 5.72. The van der Waals surface area contributed by atoms with E-state index >= 15 is 0 Å². The lowest BCUT2D eigenvalue weighted by molar-refractivity contribution is 0.0909. The van der Waals surface area contributed by atoms with E-state index in [2.05, 4.69) is 15.6 Å². The molecule has 4 rings (SSSR count). The van der Waals surface area contributed by atoms with Crippen molar-refractivity contribution >= 4 is 29.0 Å². The quantitative estimate of drug-likeness (QED) is 0.557. The van der Waals surface area contributed by atoms with Gasteiger partial charge in [0.1, 0.15) is 5.56 Å². The zero-order chi connectivity index (χ0) is 23.8. The second-order valence-electron chi connectivity index (χ2n) is 9.10. The van der Waals surface area contributed by atoms with Crippen LogP contribution in [0.15, 0.2) is 59.4 Å². The largest absolute Gasteiger partial charge is 0.325 e. The van der Waals surface area contributed by atoms with Crippen LogP contribution in [0, 0.1) is 12.3 Å². The lowest BCUT2D eigenvalue weighted by Gasteiger charge is -2.29. The van der Waals surface area contributed by atoms with Crippen molar-refractivity contribution in [2.75, 3.05) is 10.6 Å². The van der Waals surface area contributed by atoms with Crippen molar-refractivity contribution in [3.63, 3.8) is 0 Å². The maximum atomic E-state index is 12.9. The lowest BCUT2D eigenvalue weighted by atomic mass is 9.75. The molecule has 7 nitrogen and oxygen atoms in total. The molecule has 0 spiro atoms. The molecule has 0 aliphatic heterocycles. The highest BCUT2D eigenvalue weighted by molar-refractivity contribution is 6.09. The number of para-hydroxylation sites is 1. The Morgan fingerprint density at radius 2 is 1.58 bits per heavy atom. The second kappa shape index (κ2) is 8.50. The number of anilines is 2. The minimum absolute atomic E-state index is 0.0951. The number of fused-ring (bicyclic) bond motifs is 1. The molecular formula is C26H25N3O4.